The number of anilines is 1. The molecule has 0 N–H and O–H groups in total. The summed E-state index contributed by atoms with van der Waals surface area (Å²) in [5.74, 6) is 1.09. The van der Waals surface area contributed by atoms with E-state index in [9.17, 15) is 18.0 Å². The molecule has 3 saturated heterocycles. The molecule has 1 saturated carbocycles. The number of fused-ring (bicyclic) bond motifs is 4. The van der Waals surface area contributed by atoms with Crippen molar-refractivity contribution in [3.05, 3.63) is 18.0 Å². The standard InChI is InChI=1S/C17H21F3N4O/c18-17(19,20)13-6-21-16(22-7-13)23-8-11-4-5-14(10-23)24(9-11)15(25)12-2-1-3-12/h6-7,11-12,14H,1-5,8-10H2/t11-,14-/m0/s1. The number of hydrogen-bond acceptors (Lipinski definition) is 4. The lowest BCUT2D eigenvalue weighted by Gasteiger charge is -2.40. The summed E-state index contributed by atoms with van der Waals surface area (Å²) >= 11 is 0. The fourth-order valence-electron chi connectivity index (χ4n) is 4.04. The van der Waals surface area contributed by atoms with Gasteiger partial charge in [0.05, 0.1) is 5.56 Å². The molecule has 1 aromatic heterocycles. The van der Waals surface area contributed by atoms with Crippen LogP contribution >= 0.6 is 0 Å². The average Bonchev–Trinajstić information content (AvgIpc) is 2.84. The molecule has 2 bridgehead atoms. The number of halogens is 3. The first-order valence-corrected chi connectivity index (χ1v) is 8.86. The first-order chi connectivity index (χ1) is 11.9. The van der Waals surface area contributed by atoms with Crippen LogP contribution in [0.5, 0.6) is 0 Å². The quantitative estimate of drug-likeness (QED) is 0.819. The zero-order valence-corrected chi connectivity index (χ0v) is 13.9. The van der Waals surface area contributed by atoms with Crippen molar-refractivity contribution in [3.8, 4) is 0 Å². The Labute approximate surface area is 144 Å². The summed E-state index contributed by atoms with van der Waals surface area (Å²) in [6.45, 7) is 2.04. The normalized spacial score (nSPS) is 27.2. The highest BCUT2D eigenvalue weighted by Gasteiger charge is 2.41. The minimum absolute atomic E-state index is 0.109. The maximum Gasteiger partial charge on any atom is 0.419 e. The van der Waals surface area contributed by atoms with E-state index in [0.717, 1.165) is 51.0 Å². The zero-order valence-electron chi connectivity index (χ0n) is 13.9. The van der Waals surface area contributed by atoms with Crippen LogP contribution < -0.4 is 4.90 Å². The third-order valence-electron chi connectivity index (χ3n) is 5.70. The topological polar surface area (TPSA) is 49.3 Å². The predicted octanol–water partition coefficient (Wildman–Crippen LogP) is 2.72. The third kappa shape index (κ3) is 3.18. The smallest absolute Gasteiger partial charge is 0.338 e. The van der Waals surface area contributed by atoms with Gasteiger partial charge in [0.25, 0.3) is 0 Å². The molecule has 1 amide bonds. The van der Waals surface area contributed by atoms with E-state index < -0.39 is 11.7 Å². The molecule has 1 aliphatic carbocycles. The Morgan fingerprint density at radius 3 is 2.36 bits per heavy atom. The van der Waals surface area contributed by atoms with Crippen molar-refractivity contribution in [1.29, 1.82) is 0 Å². The number of piperidine rings is 1. The minimum Gasteiger partial charge on any atom is -0.338 e. The molecule has 0 radical (unpaired) electrons. The monoisotopic (exact) mass is 354 g/mol. The molecular formula is C17H21F3N4O. The van der Waals surface area contributed by atoms with Crippen molar-refractivity contribution < 1.29 is 18.0 Å². The summed E-state index contributed by atoms with van der Waals surface area (Å²) in [4.78, 5) is 24.5. The van der Waals surface area contributed by atoms with Gasteiger partial charge in [-0.25, -0.2) is 9.97 Å². The fourth-order valence-corrected chi connectivity index (χ4v) is 4.04. The molecule has 0 spiro atoms. The number of carbonyl (C=O) groups is 1. The van der Waals surface area contributed by atoms with E-state index in [1.165, 1.54) is 0 Å². The highest BCUT2D eigenvalue weighted by atomic mass is 19.4. The Morgan fingerprint density at radius 2 is 1.76 bits per heavy atom. The van der Waals surface area contributed by atoms with Crippen molar-refractivity contribution in [2.45, 2.75) is 44.3 Å². The molecule has 25 heavy (non-hydrogen) atoms. The maximum absolute atomic E-state index is 12.7. The van der Waals surface area contributed by atoms with Gasteiger partial charge < -0.3 is 9.80 Å². The molecular weight excluding hydrogens is 333 g/mol. The molecule has 0 aromatic carbocycles. The van der Waals surface area contributed by atoms with E-state index in [0.29, 0.717) is 25.0 Å². The highest BCUT2D eigenvalue weighted by molar-refractivity contribution is 5.80. The number of amides is 1. The molecule has 0 unspecified atom stereocenters. The van der Waals surface area contributed by atoms with Crippen LogP contribution in [-0.4, -0.2) is 46.5 Å². The molecule has 2 atom stereocenters. The number of hydrogen-bond donors (Lipinski definition) is 0. The van der Waals surface area contributed by atoms with Gasteiger partial charge in [-0.1, -0.05) is 6.42 Å². The van der Waals surface area contributed by atoms with Gasteiger partial charge in [0.2, 0.25) is 11.9 Å². The van der Waals surface area contributed by atoms with E-state index in [1.54, 1.807) is 0 Å². The third-order valence-corrected chi connectivity index (χ3v) is 5.70. The number of nitrogens with zero attached hydrogens (tertiary/aromatic N) is 4. The number of rotatable bonds is 2. The van der Waals surface area contributed by atoms with Gasteiger partial charge in [0.1, 0.15) is 0 Å². The van der Waals surface area contributed by atoms with Crippen LogP contribution in [0.2, 0.25) is 0 Å². The first kappa shape index (κ1) is 16.6. The molecule has 5 rings (SSSR count). The summed E-state index contributed by atoms with van der Waals surface area (Å²) in [5, 5.41) is 0. The summed E-state index contributed by atoms with van der Waals surface area (Å²) in [7, 11) is 0. The average molecular weight is 354 g/mol. The van der Waals surface area contributed by atoms with Gasteiger partial charge >= 0.3 is 6.18 Å². The Hall–Kier alpha value is -1.86. The van der Waals surface area contributed by atoms with Crippen molar-refractivity contribution >= 4 is 11.9 Å². The lowest BCUT2D eigenvalue weighted by molar-refractivity contribution is -0.142. The molecule has 5 nitrogen and oxygen atoms in total. The van der Waals surface area contributed by atoms with Crippen molar-refractivity contribution in [1.82, 2.24) is 14.9 Å². The van der Waals surface area contributed by atoms with Gasteiger partial charge in [-0.05, 0) is 31.6 Å². The van der Waals surface area contributed by atoms with Crippen LogP contribution in [0.3, 0.4) is 0 Å². The second-order valence-corrected chi connectivity index (χ2v) is 7.39. The summed E-state index contributed by atoms with van der Waals surface area (Å²) < 4.78 is 38.0. The molecule has 8 heteroatoms. The molecule has 136 valence electrons. The van der Waals surface area contributed by atoms with Gasteiger partial charge in [-0.3, -0.25) is 4.79 Å². The predicted molar refractivity (Wildman–Crippen MR) is 84.8 cm³/mol. The van der Waals surface area contributed by atoms with E-state index >= 15 is 0 Å². The fraction of sp³-hybridized carbons (Fsp3) is 0.706. The Balaban J connectivity index is 1.50. The highest BCUT2D eigenvalue weighted by Crippen LogP contribution is 2.35. The van der Waals surface area contributed by atoms with Crippen LogP contribution in [0.1, 0.15) is 37.7 Å². The number of alkyl halides is 3. The lowest BCUT2D eigenvalue weighted by atomic mass is 9.83. The number of carbonyl (C=O) groups excluding carboxylic acids is 1. The first-order valence-electron chi connectivity index (χ1n) is 8.86. The van der Waals surface area contributed by atoms with Crippen LogP contribution in [0.25, 0.3) is 0 Å². The van der Waals surface area contributed by atoms with Crippen molar-refractivity contribution in [3.63, 3.8) is 0 Å². The van der Waals surface area contributed by atoms with Crippen LogP contribution in [-0.2, 0) is 11.0 Å². The summed E-state index contributed by atoms with van der Waals surface area (Å²) in [6.07, 6.45) is 2.33. The lowest BCUT2D eigenvalue weighted by Crippen LogP contribution is -2.50. The van der Waals surface area contributed by atoms with Crippen molar-refractivity contribution in [2.75, 3.05) is 24.5 Å². The van der Waals surface area contributed by atoms with Gasteiger partial charge in [0.15, 0.2) is 0 Å². The Bertz CT molecular complexity index is 644. The van der Waals surface area contributed by atoms with E-state index in [4.69, 9.17) is 0 Å². The van der Waals surface area contributed by atoms with E-state index in [2.05, 4.69) is 9.97 Å². The zero-order chi connectivity index (χ0) is 17.6. The van der Waals surface area contributed by atoms with Crippen LogP contribution in [0.4, 0.5) is 19.1 Å². The van der Waals surface area contributed by atoms with E-state index in [1.807, 2.05) is 9.80 Å². The van der Waals surface area contributed by atoms with Crippen molar-refractivity contribution in [2.24, 2.45) is 11.8 Å². The van der Waals surface area contributed by atoms with Crippen LogP contribution in [0, 0.1) is 11.8 Å². The SMILES string of the molecule is O=C(C1CCC1)N1C[C@H]2CC[C@H]1CN(c1ncc(C(F)(F)F)cn1)C2. The Kier molecular flexibility index (Phi) is 4.08. The molecule has 3 aliphatic heterocycles. The Morgan fingerprint density at radius 1 is 1.04 bits per heavy atom. The minimum atomic E-state index is -4.43. The largest absolute Gasteiger partial charge is 0.419 e. The molecule has 4 aliphatic rings. The van der Waals surface area contributed by atoms with Crippen LogP contribution in [0.15, 0.2) is 12.4 Å². The number of aromatic nitrogens is 2. The van der Waals surface area contributed by atoms with Gasteiger partial charge in [-0.2, -0.15) is 13.2 Å². The van der Waals surface area contributed by atoms with Gasteiger partial charge in [0, 0.05) is 44.0 Å². The summed E-state index contributed by atoms with van der Waals surface area (Å²) in [6, 6.07) is 0.109. The second-order valence-electron chi connectivity index (χ2n) is 7.39. The second kappa shape index (κ2) is 6.14. The maximum atomic E-state index is 12.7. The summed E-state index contributed by atoms with van der Waals surface area (Å²) in [5.41, 5.74) is -0.837. The molecule has 4 fully saturated rings. The van der Waals surface area contributed by atoms with E-state index in [-0.39, 0.29) is 17.9 Å². The molecule has 4 heterocycles. The molecule has 1 aromatic rings. The van der Waals surface area contributed by atoms with Gasteiger partial charge in [-0.15, -0.1) is 0 Å².